The van der Waals surface area contributed by atoms with E-state index in [2.05, 4.69) is 6.58 Å². The van der Waals surface area contributed by atoms with Crippen LogP contribution < -0.4 is 0 Å². The maximum Gasteiger partial charge on any atom is 0.294 e. The summed E-state index contributed by atoms with van der Waals surface area (Å²) in [5, 5.41) is 1.67. The summed E-state index contributed by atoms with van der Waals surface area (Å²) in [5.41, 5.74) is 0.965. The fourth-order valence-electron chi connectivity index (χ4n) is 1.53. The van der Waals surface area contributed by atoms with Crippen LogP contribution in [0.5, 0.6) is 0 Å². The highest BCUT2D eigenvalue weighted by atomic mass is 32.2. The van der Waals surface area contributed by atoms with Crippen molar-refractivity contribution in [3.05, 3.63) is 48.5 Å². The Hall–Kier alpha value is -1.65. The number of hydrogen-bond acceptors (Lipinski definition) is 2. The zero-order chi connectivity index (χ0) is 11.8. The number of rotatable bonds is 2. The van der Waals surface area contributed by atoms with Crippen molar-refractivity contribution < 1.29 is 13.0 Å². The zero-order valence-electron chi connectivity index (χ0n) is 8.42. The maximum absolute atomic E-state index is 10.9. The first-order chi connectivity index (χ1) is 7.50. The molecule has 2 aromatic carbocycles. The zero-order valence-corrected chi connectivity index (χ0v) is 9.24. The molecule has 82 valence electrons. The third-order valence-electron chi connectivity index (χ3n) is 2.37. The Bertz CT molecular complexity index is 657. The Morgan fingerprint density at radius 2 is 1.69 bits per heavy atom. The minimum Gasteiger partial charge on any atom is -0.282 e. The van der Waals surface area contributed by atoms with Crippen molar-refractivity contribution in [1.29, 1.82) is 0 Å². The second-order valence-electron chi connectivity index (χ2n) is 3.45. The van der Waals surface area contributed by atoms with Gasteiger partial charge in [0.15, 0.2) is 0 Å². The van der Waals surface area contributed by atoms with Crippen LogP contribution in [0.3, 0.4) is 0 Å². The van der Waals surface area contributed by atoms with E-state index in [9.17, 15) is 8.42 Å². The van der Waals surface area contributed by atoms with Crippen LogP contribution in [0, 0.1) is 0 Å². The molecule has 0 atom stereocenters. The molecule has 0 heterocycles. The molecule has 0 aliphatic carbocycles. The highest BCUT2D eigenvalue weighted by molar-refractivity contribution is 7.85. The van der Waals surface area contributed by atoms with Gasteiger partial charge in [0, 0.05) is 0 Å². The molecule has 0 unspecified atom stereocenters. The smallest absolute Gasteiger partial charge is 0.282 e. The van der Waals surface area contributed by atoms with Gasteiger partial charge in [-0.1, -0.05) is 30.9 Å². The second-order valence-corrected chi connectivity index (χ2v) is 4.87. The third-order valence-corrected chi connectivity index (χ3v) is 3.22. The summed E-state index contributed by atoms with van der Waals surface area (Å²) < 4.78 is 30.8. The molecular formula is C12H10O3S. The summed E-state index contributed by atoms with van der Waals surface area (Å²) in [4.78, 5) is -0.0913. The Kier molecular flexibility index (Phi) is 2.53. The molecule has 2 rings (SSSR count). The van der Waals surface area contributed by atoms with Crippen molar-refractivity contribution in [2.24, 2.45) is 0 Å². The van der Waals surface area contributed by atoms with Gasteiger partial charge in [0.05, 0.1) is 4.90 Å². The van der Waals surface area contributed by atoms with Gasteiger partial charge in [0.2, 0.25) is 0 Å². The van der Waals surface area contributed by atoms with E-state index in [0.717, 1.165) is 16.3 Å². The molecular weight excluding hydrogens is 224 g/mol. The van der Waals surface area contributed by atoms with E-state index >= 15 is 0 Å². The Balaban J connectivity index is 2.69. The van der Waals surface area contributed by atoms with Gasteiger partial charge in [-0.2, -0.15) is 8.42 Å². The summed E-state index contributed by atoms with van der Waals surface area (Å²) >= 11 is 0. The van der Waals surface area contributed by atoms with Gasteiger partial charge in [-0.3, -0.25) is 4.55 Å². The summed E-state index contributed by atoms with van der Waals surface area (Å²) in [5.74, 6) is 0. The van der Waals surface area contributed by atoms with Crippen LogP contribution in [0.1, 0.15) is 5.56 Å². The van der Waals surface area contributed by atoms with Gasteiger partial charge in [0.1, 0.15) is 0 Å². The van der Waals surface area contributed by atoms with Crippen LogP contribution in [-0.2, 0) is 10.1 Å². The molecule has 0 aliphatic rings. The van der Waals surface area contributed by atoms with Crippen molar-refractivity contribution in [2.75, 3.05) is 0 Å². The first-order valence-electron chi connectivity index (χ1n) is 4.64. The molecule has 0 radical (unpaired) electrons. The summed E-state index contributed by atoms with van der Waals surface area (Å²) in [7, 11) is -4.13. The molecule has 0 bridgehead atoms. The van der Waals surface area contributed by atoms with Crippen molar-refractivity contribution in [3.8, 4) is 0 Å². The van der Waals surface area contributed by atoms with Crippen molar-refractivity contribution in [2.45, 2.75) is 4.90 Å². The predicted octanol–water partition coefficient (Wildman–Crippen LogP) is 2.73. The molecule has 1 N–H and O–H groups in total. The normalized spacial score (nSPS) is 11.6. The number of benzene rings is 2. The van der Waals surface area contributed by atoms with Crippen LogP contribution in [0.15, 0.2) is 47.9 Å². The fraction of sp³-hybridized carbons (Fsp3) is 0. The monoisotopic (exact) mass is 234 g/mol. The lowest BCUT2D eigenvalue weighted by Crippen LogP contribution is -1.97. The quantitative estimate of drug-likeness (QED) is 0.813. The molecule has 0 aromatic heterocycles. The lowest BCUT2D eigenvalue weighted by molar-refractivity contribution is 0.483. The fourth-order valence-corrected chi connectivity index (χ4v) is 2.05. The molecule has 3 nitrogen and oxygen atoms in total. The predicted molar refractivity (Wildman–Crippen MR) is 63.9 cm³/mol. The highest BCUT2D eigenvalue weighted by Crippen LogP contribution is 2.20. The first kappa shape index (κ1) is 10.9. The highest BCUT2D eigenvalue weighted by Gasteiger charge is 2.09. The molecule has 16 heavy (non-hydrogen) atoms. The summed E-state index contributed by atoms with van der Waals surface area (Å²) in [6, 6.07) is 10.0. The minimum atomic E-state index is -4.13. The van der Waals surface area contributed by atoms with E-state index in [0.29, 0.717) is 0 Å². The molecule has 0 amide bonds. The lowest BCUT2D eigenvalue weighted by Gasteiger charge is -2.02. The van der Waals surface area contributed by atoms with Crippen LogP contribution in [0.25, 0.3) is 16.8 Å². The van der Waals surface area contributed by atoms with E-state index < -0.39 is 10.1 Å². The first-order valence-corrected chi connectivity index (χ1v) is 6.08. The standard InChI is InChI=1S/C12H10O3S/c1-2-9-3-4-11-8-12(16(13,14)15)6-5-10(11)7-9/h2-8H,1H2,(H,13,14,15). The SMILES string of the molecule is C=Cc1ccc2cc(S(=O)(=O)O)ccc2c1. The number of fused-ring (bicyclic) bond motifs is 1. The average Bonchev–Trinajstić information content (AvgIpc) is 2.26. The largest absolute Gasteiger partial charge is 0.294 e. The third kappa shape index (κ3) is 1.98. The van der Waals surface area contributed by atoms with Crippen LogP contribution in [0.4, 0.5) is 0 Å². The van der Waals surface area contributed by atoms with E-state index in [1.54, 1.807) is 18.2 Å². The summed E-state index contributed by atoms with van der Waals surface area (Å²) in [6.07, 6.45) is 1.72. The van der Waals surface area contributed by atoms with E-state index in [1.807, 2.05) is 12.1 Å². The summed E-state index contributed by atoms with van der Waals surface area (Å²) in [6.45, 7) is 3.66. The maximum atomic E-state index is 10.9. The Morgan fingerprint density at radius 3 is 2.31 bits per heavy atom. The van der Waals surface area contributed by atoms with Crippen LogP contribution in [-0.4, -0.2) is 13.0 Å². The van der Waals surface area contributed by atoms with Crippen LogP contribution >= 0.6 is 0 Å². The van der Waals surface area contributed by atoms with E-state index in [4.69, 9.17) is 4.55 Å². The average molecular weight is 234 g/mol. The Labute approximate surface area is 93.8 Å². The van der Waals surface area contributed by atoms with Gasteiger partial charge < -0.3 is 0 Å². The minimum absolute atomic E-state index is 0.0913. The van der Waals surface area contributed by atoms with Gasteiger partial charge >= 0.3 is 0 Å². The van der Waals surface area contributed by atoms with Crippen molar-refractivity contribution in [3.63, 3.8) is 0 Å². The molecule has 4 heteroatoms. The number of hydrogen-bond donors (Lipinski definition) is 1. The van der Waals surface area contributed by atoms with Crippen molar-refractivity contribution >= 4 is 27.0 Å². The Morgan fingerprint density at radius 1 is 1.06 bits per heavy atom. The van der Waals surface area contributed by atoms with Gasteiger partial charge in [-0.25, -0.2) is 0 Å². The topological polar surface area (TPSA) is 54.4 Å². The second kappa shape index (κ2) is 3.73. The van der Waals surface area contributed by atoms with Crippen molar-refractivity contribution in [1.82, 2.24) is 0 Å². The van der Waals surface area contributed by atoms with Gasteiger partial charge in [-0.15, -0.1) is 0 Å². The van der Waals surface area contributed by atoms with E-state index in [-0.39, 0.29) is 4.90 Å². The van der Waals surface area contributed by atoms with Gasteiger partial charge in [0.25, 0.3) is 10.1 Å². The molecule has 2 aromatic rings. The lowest BCUT2D eigenvalue weighted by atomic mass is 10.1. The molecule has 0 fully saturated rings. The molecule has 0 saturated heterocycles. The molecule has 0 saturated carbocycles. The van der Waals surface area contributed by atoms with Crippen LogP contribution in [0.2, 0.25) is 0 Å². The van der Waals surface area contributed by atoms with E-state index in [1.165, 1.54) is 12.1 Å². The molecule has 0 aliphatic heterocycles. The van der Waals surface area contributed by atoms with Gasteiger partial charge in [-0.05, 0) is 34.5 Å². The molecule has 0 spiro atoms.